The van der Waals surface area contributed by atoms with Crippen LogP contribution in [0.5, 0.6) is 11.5 Å². The predicted octanol–water partition coefficient (Wildman–Crippen LogP) is 3.56. The standard InChI is InChI=1S/C16H18ClNO2/c1-12-6-7-14(17)16(10-12)20-9-8-19-15-5-3-2-4-13(15)11-18/h2-7,10H,8-9,11,18H2,1H3. The number of aryl methyl sites for hydroxylation is 1. The second kappa shape index (κ2) is 7.17. The Morgan fingerprint density at radius 2 is 1.70 bits per heavy atom. The van der Waals surface area contributed by atoms with Gasteiger partial charge in [-0.25, -0.2) is 0 Å². The first-order chi connectivity index (χ1) is 9.70. The highest BCUT2D eigenvalue weighted by molar-refractivity contribution is 6.32. The molecule has 0 bridgehead atoms. The highest BCUT2D eigenvalue weighted by Crippen LogP contribution is 2.25. The Bertz CT molecular complexity index is 572. The zero-order valence-corrected chi connectivity index (χ0v) is 12.2. The summed E-state index contributed by atoms with van der Waals surface area (Å²) in [7, 11) is 0. The summed E-state index contributed by atoms with van der Waals surface area (Å²) in [5.41, 5.74) is 7.75. The van der Waals surface area contributed by atoms with Crippen LogP contribution >= 0.6 is 11.6 Å². The van der Waals surface area contributed by atoms with Gasteiger partial charge < -0.3 is 15.2 Å². The third-order valence-electron chi connectivity index (χ3n) is 2.88. The summed E-state index contributed by atoms with van der Waals surface area (Å²) in [6.07, 6.45) is 0. The quantitative estimate of drug-likeness (QED) is 0.828. The molecule has 2 rings (SSSR count). The number of hydrogen-bond acceptors (Lipinski definition) is 3. The van der Waals surface area contributed by atoms with Crippen molar-refractivity contribution in [3.63, 3.8) is 0 Å². The molecule has 0 radical (unpaired) electrons. The Morgan fingerprint density at radius 3 is 2.45 bits per heavy atom. The molecule has 0 aliphatic heterocycles. The van der Waals surface area contributed by atoms with Crippen LogP contribution in [0.2, 0.25) is 5.02 Å². The van der Waals surface area contributed by atoms with Crippen LogP contribution in [0.3, 0.4) is 0 Å². The molecule has 0 atom stereocenters. The van der Waals surface area contributed by atoms with Gasteiger partial charge >= 0.3 is 0 Å². The minimum Gasteiger partial charge on any atom is -0.490 e. The van der Waals surface area contributed by atoms with Gasteiger partial charge in [-0.05, 0) is 30.7 Å². The van der Waals surface area contributed by atoms with Crippen LogP contribution in [0, 0.1) is 6.92 Å². The average Bonchev–Trinajstić information content (AvgIpc) is 2.47. The van der Waals surface area contributed by atoms with Gasteiger partial charge in [-0.15, -0.1) is 0 Å². The van der Waals surface area contributed by atoms with Crippen molar-refractivity contribution in [1.82, 2.24) is 0 Å². The third kappa shape index (κ3) is 3.89. The van der Waals surface area contributed by atoms with Crippen molar-refractivity contribution >= 4 is 11.6 Å². The Balaban J connectivity index is 1.86. The summed E-state index contributed by atoms with van der Waals surface area (Å²) in [5, 5.41) is 0.609. The fraction of sp³-hybridized carbons (Fsp3) is 0.250. The van der Waals surface area contributed by atoms with E-state index in [2.05, 4.69) is 0 Å². The van der Waals surface area contributed by atoms with Crippen molar-refractivity contribution in [3.8, 4) is 11.5 Å². The van der Waals surface area contributed by atoms with E-state index < -0.39 is 0 Å². The molecule has 20 heavy (non-hydrogen) atoms. The molecular weight excluding hydrogens is 274 g/mol. The van der Waals surface area contributed by atoms with Gasteiger partial charge in [0.1, 0.15) is 24.7 Å². The van der Waals surface area contributed by atoms with Crippen LogP contribution in [0.15, 0.2) is 42.5 Å². The maximum Gasteiger partial charge on any atom is 0.138 e. The smallest absolute Gasteiger partial charge is 0.138 e. The minimum absolute atomic E-state index is 0.433. The number of halogens is 1. The van der Waals surface area contributed by atoms with Gasteiger partial charge in [-0.1, -0.05) is 35.9 Å². The van der Waals surface area contributed by atoms with E-state index in [9.17, 15) is 0 Å². The van der Waals surface area contributed by atoms with Gasteiger partial charge in [0.25, 0.3) is 0 Å². The molecule has 0 saturated carbocycles. The van der Waals surface area contributed by atoms with Crippen LogP contribution in [0.25, 0.3) is 0 Å². The van der Waals surface area contributed by atoms with E-state index in [0.29, 0.717) is 30.5 Å². The zero-order chi connectivity index (χ0) is 14.4. The van der Waals surface area contributed by atoms with E-state index in [4.69, 9.17) is 26.8 Å². The molecule has 0 amide bonds. The van der Waals surface area contributed by atoms with Gasteiger partial charge in [-0.3, -0.25) is 0 Å². The van der Waals surface area contributed by atoms with E-state index in [1.54, 1.807) is 0 Å². The summed E-state index contributed by atoms with van der Waals surface area (Å²) < 4.78 is 11.3. The van der Waals surface area contributed by atoms with Gasteiger partial charge in [0, 0.05) is 12.1 Å². The maximum absolute atomic E-state index is 6.06. The van der Waals surface area contributed by atoms with E-state index in [1.807, 2.05) is 49.4 Å². The molecule has 3 nitrogen and oxygen atoms in total. The molecule has 0 unspecified atom stereocenters. The number of hydrogen-bond donors (Lipinski definition) is 1. The predicted molar refractivity (Wildman–Crippen MR) is 81.5 cm³/mol. The van der Waals surface area contributed by atoms with E-state index in [0.717, 1.165) is 16.9 Å². The molecule has 2 aromatic rings. The number of benzene rings is 2. The molecule has 0 heterocycles. The molecule has 0 fully saturated rings. The summed E-state index contributed by atoms with van der Waals surface area (Å²) in [6, 6.07) is 13.4. The normalized spacial score (nSPS) is 10.3. The number of rotatable bonds is 6. The first kappa shape index (κ1) is 14.7. The number of ether oxygens (including phenoxy) is 2. The Labute approximate surface area is 124 Å². The second-order valence-corrected chi connectivity index (χ2v) is 4.85. The molecule has 0 saturated heterocycles. The highest BCUT2D eigenvalue weighted by Gasteiger charge is 2.03. The highest BCUT2D eigenvalue weighted by atomic mass is 35.5. The van der Waals surface area contributed by atoms with E-state index in [1.165, 1.54) is 0 Å². The molecule has 2 aromatic carbocycles. The first-order valence-corrected chi connectivity index (χ1v) is 6.88. The summed E-state index contributed by atoms with van der Waals surface area (Å²) in [5.74, 6) is 1.48. The minimum atomic E-state index is 0.433. The zero-order valence-electron chi connectivity index (χ0n) is 11.4. The molecule has 0 aromatic heterocycles. The van der Waals surface area contributed by atoms with Crippen molar-refractivity contribution in [3.05, 3.63) is 58.6 Å². The van der Waals surface area contributed by atoms with Crippen molar-refractivity contribution in [1.29, 1.82) is 0 Å². The Morgan fingerprint density at radius 1 is 1.00 bits per heavy atom. The summed E-state index contributed by atoms with van der Waals surface area (Å²) >= 11 is 6.06. The van der Waals surface area contributed by atoms with Gasteiger partial charge in [0.15, 0.2) is 0 Å². The SMILES string of the molecule is Cc1ccc(Cl)c(OCCOc2ccccc2CN)c1. The summed E-state index contributed by atoms with van der Waals surface area (Å²) in [4.78, 5) is 0. The van der Waals surface area contributed by atoms with Crippen LogP contribution in [0.4, 0.5) is 0 Å². The average molecular weight is 292 g/mol. The second-order valence-electron chi connectivity index (χ2n) is 4.44. The van der Waals surface area contributed by atoms with Gasteiger partial charge in [0.05, 0.1) is 5.02 Å². The lowest BCUT2D eigenvalue weighted by Crippen LogP contribution is -2.11. The van der Waals surface area contributed by atoms with Crippen molar-refractivity contribution in [2.75, 3.05) is 13.2 Å². The monoisotopic (exact) mass is 291 g/mol. The lowest BCUT2D eigenvalue weighted by atomic mass is 10.2. The number of para-hydroxylation sites is 1. The molecule has 0 aliphatic carbocycles. The van der Waals surface area contributed by atoms with Crippen molar-refractivity contribution < 1.29 is 9.47 Å². The number of nitrogens with two attached hydrogens (primary N) is 1. The Kier molecular flexibility index (Phi) is 5.27. The van der Waals surface area contributed by atoms with Gasteiger partial charge in [-0.2, -0.15) is 0 Å². The molecular formula is C16H18ClNO2. The molecule has 2 N–H and O–H groups in total. The van der Waals surface area contributed by atoms with E-state index in [-0.39, 0.29) is 0 Å². The van der Waals surface area contributed by atoms with Crippen LogP contribution < -0.4 is 15.2 Å². The first-order valence-electron chi connectivity index (χ1n) is 6.50. The topological polar surface area (TPSA) is 44.5 Å². The summed E-state index contributed by atoms with van der Waals surface area (Å²) in [6.45, 7) is 3.33. The van der Waals surface area contributed by atoms with E-state index >= 15 is 0 Å². The van der Waals surface area contributed by atoms with Crippen molar-refractivity contribution in [2.24, 2.45) is 5.73 Å². The lowest BCUT2D eigenvalue weighted by Gasteiger charge is -2.12. The molecule has 0 spiro atoms. The fourth-order valence-corrected chi connectivity index (χ4v) is 2.01. The molecule has 0 aliphatic rings. The van der Waals surface area contributed by atoms with Crippen molar-refractivity contribution in [2.45, 2.75) is 13.5 Å². The lowest BCUT2D eigenvalue weighted by molar-refractivity contribution is 0.216. The maximum atomic E-state index is 6.06. The van der Waals surface area contributed by atoms with Crippen LogP contribution in [0.1, 0.15) is 11.1 Å². The Hall–Kier alpha value is -1.71. The third-order valence-corrected chi connectivity index (χ3v) is 3.19. The largest absolute Gasteiger partial charge is 0.490 e. The fourth-order valence-electron chi connectivity index (χ4n) is 1.84. The van der Waals surface area contributed by atoms with Crippen LogP contribution in [-0.4, -0.2) is 13.2 Å². The van der Waals surface area contributed by atoms with Gasteiger partial charge in [0.2, 0.25) is 0 Å². The van der Waals surface area contributed by atoms with Crippen LogP contribution in [-0.2, 0) is 6.54 Å². The molecule has 4 heteroatoms. The molecule has 106 valence electrons.